The fraction of sp³-hybridized carbons (Fsp3) is 0.176. The fourth-order valence-electron chi connectivity index (χ4n) is 2.04. The van der Waals surface area contributed by atoms with Crippen molar-refractivity contribution in [2.75, 3.05) is 18.5 Å². The number of nitrogens with one attached hydrogen (secondary N) is 2. The third-order valence-electron chi connectivity index (χ3n) is 3.45. The molecule has 13 heteroatoms. The third kappa shape index (κ3) is 6.49. The molecule has 0 unspecified atom stereocenters. The first-order chi connectivity index (χ1) is 13.9. The molecule has 0 aromatic heterocycles. The minimum Gasteiger partial charge on any atom is -0.455 e. The number of carbonyl (C=O) groups excluding carboxylic acids is 2. The molecule has 0 aliphatic heterocycles. The van der Waals surface area contributed by atoms with Crippen molar-refractivity contribution in [3.8, 4) is 0 Å². The Hall–Kier alpha value is -3.06. The van der Waals surface area contributed by atoms with Crippen LogP contribution in [0.1, 0.15) is 5.56 Å². The molecular formula is C17H13F5N2O5S. The van der Waals surface area contributed by atoms with Crippen LogP contribution >= 0.6 is 0 Å². The molecule has 0 saturated carbocycles. The van der Waals surface area contributed by atoms with Gasteiger partial charge in [0.05, 0.1) is 10.5 Å². The highest BCUT2D eigenvalue weighted by Crippen LogP contribution is 2.30. The minimum absolute atomic E-state index is 0.111. The summed E-state index contributed by atoms with van der Waals surface area (Å²) in [6, 6.07) is 5.37. The molecule has 2 aromatic rings. The standard InChI is InChI=1S/C17H13F5N2O5S/c18-13-5-4-11(7-14(13)19)24-15(25)9-29-16(26)8-23-30(27,28)12-3-1-2-10(6-12)17(20,21)22/h1-7,23H,8-9H2,(H,24,25). The van der Waals surface area contributed by atoms with Gasteiger partial charge in [0.1, 0.15) is 6.54 Å². The van der Waals surface area contributed by atoms with Crippen LogP contribution in [0.5, 0.6) is 0 Å². The molecule has 2 rings (SSSR count). The molecule has 0 aliphatic carbocycles. The van der Waals surface area contributed by atoms with Gasteiger partial charge in [-0.15, -0.1) is 0 Å². The Morgan fingerprint density at radius 3 is 2.33 bits per heavy atom. The zero-order valence-corrected chi connectivity index (χ0v) is 15.6. The van der Waals surface area contributed by atoms with Crippen LogP contribution in [0, 0.1) is 11.6 Å². The number of halogens is 5. The lowest BCUT2D eigenvalue weighted by Gasteiger charge is -2.10. The van der Waals surface area contributed by atoms with Crippen LogP contribution in [-0.2, 0) is 30.5 Å². The molecule has 0 heterocycles. The molecule has 2 aromatic carbocycles. The molecule has 7 nitrogen and oxygen atoms in total. The Kier molecular flexibility index (Phi) is 7.10. The molecule has 0 aliphatic rings. The number of amides is 1. The van der Waals surface area contributed by atoms with Crippen LogP contribution < -0.4 is 10.0 Å². The van der Waals surface area contributed by atoms with Crippen LogP contribution in [0.3, 0.4) is 0 Å². The van der Waals surface area contributed by atoms with Crippen molar-refractivity contribution in [1.82, 2.24) is 4.72 Å². The summed E-state index contributed by atoms with van der Waals surface area (Å²) in [5.41, 5.74) is -1.30. The second-order valence-electron chi connectivity index (χ2n) is 5.69. The van der Waals surface area contributed by atoms with Crippen molar-refractivity contribution in [1.29, 1.82) is 0 Å². The van der Waals surface area contributed by atoms with E-state index in [1.165, 1.54) is 0 Å². The summed E-state index contributed by atoms with van der Waals surface area (Å²) < 4.78 is 94.2. The highest BCUT2D eigenvalue weighted by atomic mass is 32.2. The smallest absolute Gasteiger partial charge is 0.416 e. The van der Waals surface area contributed by atoms with Crippen molar-refractivity contribution in [3.63, 3.8) is 0 Å². The summed E-state index contributed by atoms with van der Waals surface area (Å²) in [7, 11) is -4.46. The number of carbonyl (C=O) groups is 2. The molecule has 2 N–H and O–H groups in total. The van der Waals surface area contributed by atoms with E-state index in [4.69, 9.17) is 0 Å². The van der Waals surface area contributed by atoms with E-state index in [1.54, 1.807) is 4.72 Å². The first-order valence-electron chi connectivity index (χ1n) is 7.96. The van der Waals surface area contributed by atoms with Gasteiger partial charge in [0.25, 0.3) is 5.91 Å². The SMILES string of the molecule is O=C(COC(=O)CNS(=O)(=O)c1cccc(C(F)(F)F)c1)Nc1ccc(F)c(F)c1. The van der Waals surface area contributed by atoms with Gasteiger partial charge in [-0.2, -0.15) is 17.9 Å². The summed E-state index contributed by atoms with van der Waals surface area (Å²) in [5.74, 6) is -4.47. The summed E-state index contributed by atoms with van der Waals surface area (Å²) >= 11 is 0. The Balaban J connectivity index is 1.87. The third-order valence-corrected chi connectivity index (χ3v) is 4.84. The van der Waals surface area contributed by atoms with Gasteiger partial charge in [0.2, 0.25) is 10.0 Å². The van der Waals surface area contributed by atoms with Gasteiger partial charge in [-0.25, -0.2) is 17.2 Å². The largest absolute Gasteiger partial charge is 0.455 e. The Morgan fingerprint density at radius 2 is 1.70 bits per heavy atom. The van der Waals surface area contributed by atoms with E-state index in [2.05, 4.69) is 10.1 Å². The number of ether oxygens (including phenoxy) is 1. The topological polar surface area (TPSA) is 102 Å². The predicted molar refractivity (Wildman–Crippen MR) is 92.6 cm³/mol. The molecule has 0 spiro atoms. The minimum atomic E-state index is -4.76. The Morgan fingerprint density at radius 1 is 1.00 bits per heavy atom. The van der Waals surface area contributed by atoms with Crippen molar-refractivity contribution in [3.05, 3.63) is 59.7 Å². The summed E-state index contributed by atoms with van der Waals surface area (Å²) in [5, 5.41) is 2.12. The highest BCUT2D eigenvalue weighted by molar-refractivity contribution is 7.89. The molecule has 0 atom stereocenters. The zero-order valence-electron chi connectivity index (χ0n) is 14.8. The lowest BCUT2D eigenvalue weighted by molar-refractivity contribution is -0.146. The van der Waals surface area contributed by atoms with Crippen LogP contribution in [0.25, 0.3) is 0 Å². The molecule has 1 amide bonds. The molecule has 0 fully saturated rings. The number of hydrogen-bond donors (Lipinski definition) is 2. The van der Waals surface area contributed by atoms with Gasteiger partial charge in [-0.3, -0.25) is 9.59 Å². The van der Waals surface area contributed by atoms with Crippen molar-refractivity contribution in [2.45, 2.75) is 11.1 Å². The number of benzene rings is 2. The van der Waals surface area contributed by atoms with E-state index in [0.717, 1.165) is 24.3 Å². The number of hydrogen-bond acceptors (Lipinski definition) is 5. The summed E-state index contributed by atoms with van der Waals surface area (Å²) in [6.07, 6.45) is -4.76. The van der Waals surface area contributed by atoms with Gasteiger partial charge < -0.3 is 10.1 Å². The Bertz CT molecular complexity index is 1060. The Labute approximate surface area is 166 Å². The quantitative estimate of drug-likeness (QED) is 0.497. The molecule has 0 bridgehead atoms. The van der Waals surface area contributed by atoms with Gasteiger partial charge in [-0.1, -0.05) is 6.07 Å². The second kappa shape index (κ2) is 9.17. The molecular weight excluding hydrogens is 439 g/mol. The van der Waals surface area contributed by atoms with Crippen molar-refractivity contribution >= 4 is 27.6 Å². The van der Waals surface area contributed by atoms with Gasteiger partial charge >= 0.3 is 12.1 Å². The van der Waals surface area contributed by atoms with E-state index >= 15 is 0 Å². The number of rotatable bonds is 7. The normalized spacial score (nSPS) is 11.8. The lowest BCUT2D eigenvalue weighted by atomic mass is 10.2. The number of esters is 1. The van der Waals surface area contributed by atoms with Crippen LogP contribution in [0.15, 0.2) is 47.4 Å². The van der Waals surface area contributed by atoms with Crippen molar-refractivity contribution < 1.29 is 44.7 Å². The number of alkyl halides is 3. The van der Waals surface area contributed by atoms with Crippen molar-refractivity contribution in [2.24, 2.45) is 0 Å². The first-order valence-corrected chi connectivity index (χ1v) is 9.44. The maximum Gasteiger partial charge on any atom is 0.416 e. The van der Waals surface area contributed by atoms with E-state index in [-0.39, 0.29) is 5.69 Å². The van der Waals surface area contributed by atoms with Gasteiger partial charge in [0, 0.05) is 11.8 Å². The van der Waals surface area contributed by atoms with E-state index in [0.29, 0.717) is 18.2 Å². The fourth-order valence-corrected chi connectivity index (χ4v) is 3.06. The maximum absolute atomic E-state index is 13.0. The van der Waals surface area contributed by atoms with Gasteiger partial charge in [0.15, 0.2) is 18.2 Å². The first kappa shape index (κ1) is 23.2. The predicted octanol–water partition coefficient (Wildman–Crippen LogP) is 2.44. The average Bonchev–Trinajstić information content (AvgIpc) is 2.67. The van der Waals surface area contributed by atoms with Crippen LogP contribution in [-0.4, -0.2) is 33.4 Å². The number of anilines is 1. The monoisotopic (exact) mass is 452 g/mol. The zero-order chi connectivity index (χ0) is 22.5. The molecule has 0 saturated heterocycles. The summed E-state index contributed by atoms with van der Waals surface area (Å²) in [6.45, 7) is -1.83. The maximum atomic E-state index is 13.0. The average molecular weight is 452 g/mol. The van der Waals surface area contributed by atoms with Crippen LogP contribution in [0.2, 0.25) is 0 Å². The van der Waals surface area contributed by atoms with Gasteiger partial charge in [-0.05, 0) is 30.3 Å². The second-order valence-corrected chi connectivity index (χ2v) is 7.45. The van der Waals surface area contributed by atoms with E-state index in [1.807, 2.05) is 0 Å². The highest BCUT2D eigenvalue weighted by Gasteiger charge is 2.31. The van der Waals surface area contributed by atoms with E-state index in [9.17, 15) is 40.0 Å². The van der Waals surface area contributed by atoms with E-state index < -0.39 is 63.3 Å². The number of sulfonamides is 1. The van der Waals surface area contributed by atoms with Crippen LogP contribution in [0.4, 0.5) is 27.6 Å². The molecule has 0 radical (unpaired) electrons. The molecule has 30 heavy (non-hydrogen) atoms. The summed E-state index contributed by atoms with van der Waals surface area (Å²) in [4.78, 5) is 22.5. The molecule has 162 valence electrons. The lowest BCUT2D eigenvalue weighted by Crippen LogP contribution is -2.32.